The minimum atomic E-state index is -0.592. The normalized spacial score (nSPS) is 11.7. The Labute approximate surface area is 176 Å². The number of carbonyl (C=O) groups is 2. The van der Waals surface area contributed by atoms with Crippen molar-refractivity contribution in [1.82, 2.24) is 10.2 Å². The van der Waals surface area contributed by atoms with Crippen LogP contribution in [0.2, 0.25) is 0 Å². The molecule has 1 N–H and O–H groups in total. The lowest BCUT2D eigenvalue weighted by Gasteiger charge is -2.29. The molecule has 0 aromatic heterocycles. The van der Waals surface area contributed by atoms with Crippen molar-refractivity contribution in [2.75, 3.05) is 12.3 Å². The van der Waals surface area contributed by atoms with Crippen LogP contribution in [0.15, 0.2) is 59.5 Å². The molecule has 6 heteroatoms. The van der Waals surface area contributed by atoms with Crippen molar-refractivity contribution < 1.29 is 14.0 Å². The Morgan fingerprint density at radius 2 is 1.79 bits per heavy atom. The van der Waals surface area contributed by atoms with Gasteiger partial charge >= 0.3 is 0 Å². The van der Waals surface area contributed by atoms with Crippen LogP contribution in [0, 0.1) is 5.82 Å². The molecule has 0 saturated heterocycles. The summed E-state index contributed by atoms with van der Waals surface area (Å²) in [5.74, 6) is 0.0594. The highest BCUT2D eigenvalue weighted by Gasteiger charge is 2.25. The Balaban J connectivity index is 2.02. The third kappa shape index (κ3) is 7.89. The Hall–Kier alpha value is -2.34. The Morgan fingerprint density at radius 1 is 1.10 bits per heavy atom. The predicted molar refractivity (Wildman–Crippen MR) is 116 cm³/mol. The van der Waals surface area contributed by atoms with Crippen molar-refractivity contribution in [2.24, 2.45) is 0 Å². The molecular weight excluding hydrogens is 387 g/mol. The molecule has 2 aromatic rings. The van der Waals surface area contributed by atoms with Crippen molar-refractivity contribution in [2.45, 2.75) is 50.6 Å². The van der Waals surface area contributed by atoms with Gasteiger partial charge < -0.3 is 10.2 Å². The number of thioether (sulfide) groups is 1. The number of hydrogen-bond acceptors (Lipinski definition) is 3. The van der Waals surface area contributed by atoms with E-state index in [1.165, 1.54) is 12.1 Å². The molecule has 2 amide bonds. The molecule has 156 valence electrons. The molecule has 0 aliphatic heterocycles. The van der Waals surface area contributed by atoms with E-state index < -0.39 is 6.04 Å². The maximum absolute atomic E-state index is 13.2. The first kappa shape index (κ1) is 22.9. The van der Waals surface area contributed by atoms with Gasteiger partial charge in [0.15, 0.2) is 0 Å². The van der Waals surface area contributed by atoms with E-state index in [9.17, 15) is 14.0 Å². The fraction of sp³-hybridized carbons (Fsp3) is 0.391. The van der Waals surface area contributed by atoms with E-state index in [0.29, 0.717) is 18.7 Å². The highest BCUT2D eigenvalue weighted by atomic mass is 32.2. The second kappa shape index (κ2) is 12.3. The zero-order valence-corrected chi connectivity index (χ0v) is 17.9. The van der Waals surface area contributed by atoms with Gasteiger partial charge in [-0.2, -0.15) is 0 Å². The van der Waals surface area contributed by atoms with Gasteiger partial charge in [-0.05, 0) is 43.2 Å². The van der Waals surface area contributed by atoms with Crippen molar-refractivity contribution in [3.05, 3.63) is 66.0 Å². The summed E-state index contributed by atoms with van der Waals surface area (Å²) in [5.41, 5.74) is 0.795. The number of amides is 2. The van der Waals surface area contributed by atoms with Gasteiger partial charge in [0.05, 0.1) is 0 Å². The largest absolute Gasteiger partial charge is 0.354 e. The summed E-state index contributed by atoms with van der Waals surface area (Å²) in [6.45, 7) is 4.68. The van der Waals surface area contributed by atoms with Crippen molar-refractivity contribution in [3.63, 3.8) is 0 Å². The van der Waals surface area contributed by atoms with Crippen molar-refractivity contribution >= 4 is 23.6 Å². The van der Waals surface area contributed by atoms with Crippen molar-refractivity contribution in [3.8, 4) is 0 Å². The molecule has 2 rings (SSSR count). The number of nitrogens with one attached hydrogen (secondary N) is 1. The van der Waals surface area contributed by atoms with Crippen LogP contribution in [-0.4, -0.2) is 35.1 Å². The van der Waals surface area contributed by atoms with E-state index in [4.69, 9.17) is 0 Å². The summed E-state index contributed by atoms with van der Waals surface area (Å²) in [5, 5.41) is 2.90. The van der Waals surface area contributed by atoms with Crippen LogP contribution in [0.25, 0.3) is 0 Å². The third-order valence-electron chi connectivity index (χ3n) is 4.59. The first-order chi connectivity index (χ1) is 14.0. The van der Waals surface area contributed by atoms with Gasteiger partial charge in [-0.1, -0.05) is 43.7 Å². The van der Waals surface area contributed by atoms with Crippen LogP contribution in [0.3, 0.4) is 0 Å². The first-order valence-electron chi connectivity index (χ1n) is 10.0. The van der Waals surface area contributed by atoms with Crippen LogP contribution >= 0.6 is 11.8 Å². The monoisotopic (exact) mass is 416 g/mol. The predicted octanol–water partition coefficient (Wildman–Crippen LogP) is 4.64. The average Bonchev–Trinajstić information content (AvgIpc) is 2.73. The number of unbranched alkanes of at least 4 members (excludes halogenated alkanes) is 1. The quantitative estimate of drug-likeness (QED) is 0.429. The molecular formula is C23H29FN2O2S. The zero-order chi connectivity index (χ0) is 21.1. The molecule has 1 atom stereocenters. The van der Waals surface area contributed by atoms with Gasteiger partial charge in [0.1, 0.15) is 11.9 Å². The molecule has 4 nitrogen and oxygen atoms in total. The molecule has 0 aliphatic rings. The zero-order valence-electron chi connectivity index (χ0n) is 17.1. The third-order valence-corrected chi connectivity index (χ3v) is 5.60. The lowest BCUT2D eigenvalue weighted by atomic mass is 10.1. The average molecular weight is 417 g/mol. The highest BCUT2D eigenvalue weighted by Crippen LogP contribution is 2.19. The van der Waals surface area contributed by atoms with E-state index in [1.54, 1.807) is 35.7 Å². The first-order valence-corrected chi connectivity index (χ1v) is 11.0. The maximum atomic E-state index is 13.2. The SMILES string of the molecule is CCCCNC(=O)[C@H](C)N(Cc1ccc(F)cc1)C(=O)CCSc1ccccc1. The number of halogens is 1. The molecule has 2 aromatic carbocycles. The van der Waals surface area contributed by atoms with Gasteiger partial charge in [0.25, 0.3) is 0 Å². The fourth-order valence-corrected chi connectivity index (χ4v) is 3.68. The minimum Gasteiger partial charge on any atom is -0.354 e. The summed E-state index contributed by atoms with van der Waals surface area (Å²) < 4.78 is 13.2. The van der Waals surface area contributed by atoms with Gasteiger partial charge in [-0.25, -0.2) is 4.39 Å². The van der Waals surface area contributed by atoms with Crippen LogP contribution in [0.5, 0.6) is 0 Å². The second-order valence-electron chi connectivity index (χ2n) is 6.88. The standard InChI is InChI=1S/C23H29FN2O2S/c1-3-4-15-25-23(28)18(2)26(17-19-10-12-20(24)13-11-19)22(27)14-16-29-21-8-6-5-7-9-21/h5-13,18H,3-4,14-17H2,1-2H3,(H,25,28)/t18-/m0/s1. The molecule has 0 bridgehead atoms. The Morgan fingerprint density at radius 3 is 2.45 bits per heavy atom. The van der Waals surface area contributed by atoms with Gasteiger partial charge in [-0.3, -0.25) is 9.59 Å². The van der Waals surface area contributed by atoms with Gasteiger partial charge in [0, 0.05) is 30.2 Å². The molecule has 0 heterocycles. The number of hydrogen-bond donors (Lipinski definition) is 1. The maximum Gasteiger partial charge on any atom is 0.242 e. The molecule has 0 aliphatic carbocycles. The smallest absolute Gasteiger partial charge is 0.242 e. The Kier molecular flexibility index (Phi) is 9.71. The topological polar surface area (TPSA) is 49.4 Å². The van der Waals surface area contributed by atoms with Gasteiger partial charge in [-0.15, -0.1) is 11.8 Å². The minimum absolute atomic E-state index is 0.0871. The van der Waals surface area contributed by atoms with Crippen LogP contribution in [0.4, 0.5) is 4.39 Å². The molecule has 29 heavy (non-hydrogen) atoms. The Bertz CT molecular complexity index is 768. The number of carbonyl (C=O) groups excluding carboxylic acids is 2. The number of rotatable bonds is 11. The summed E-state index contributed by atoms with van der Waals surface area (Å²) >= 11 is 1.61. The van der Waals surface area contributed by atoms with E-state index >= 15 is 0 Å². The number of benzene rings is 2. The van der Waals surface area contributed by atoms with E-state index in [-0.39, 0.29) is 24.2 Å². The van der Waals surface area contributed by atoms with E-state index in [1.807, 2.05) is 30.3 Å². The molecule has 0 fully saturated rings. The van der Waals surface area contributed by atoms with Crippen LogP contribution in [0.1, 0.15) is 38.7 Å². The lowest BCUT2D eigenvalue weighted by molar-refractivity contribution is -0.140. The summed E-state index contributed by atoms with van der Waals surface area (Å²) in [6.07, 6.45) is 2.22. The van der Waals surface area contributed by atoms with Crippen LogP contribution < -0.4 is 5.32 Å². The lowest BCUT2D eigenvalue weighted by Crippen LogP contribution is -2.47. The summed E-state index contributed by atoms with van der Waals surface area (Å²) in [7, 11) is 0. The molecule has 0 unspecified atom stereocenters. The van der Waals surface area contributed by atoms with Crippen molar-refractivity contribution in [1.29, 1.82) is 0 Å². The summed E-state index contributed by atoms with van der Waals surface area (Å²) in [4.78, 5) is 28.2. The van der Waals surface area contributed by atoms with Crippen LogP contribution in [-0.2, 0) is 16.1 Å². The second-order valence-corrected chi connectivity index (χ2v) is 8.05. The number of nitrogens with zero attached hydrogens (tertiary/aromatic N) is 1. The molecule has 0 radical (unpaired) electrons. The van der Waals surface area contributed by atoms with Gasteiger partial charge in [0.2, 0.25) is 11.8 Å². The van der Waals surface area contributed by atoms with E-state index in [0.717, 1.165) is 23.3 Å². The fourth-order valence-electron chi connectivity index (χ4n) is 2.82. The van der Waals surface area contributed by atoms with E-state index in [2.05, 4.69) is 12.2 Å². The molecule has 0 spiro atoms. The molecule has 0 saturated carbocycles. The highest BCUT2D eigenvalue weighted by molar-refractivity contribution is 7.99. The summed E-state index contributed by atoms with van der Waals surface area (Å²) in [6, 6.07) is 15.4.